The molecule has 0 saturated carbocycles. The van der Waals surface area contributed by atoms with Crippen LogP contribution >= 0.6 is 11.6 Å². The lowest BCUT2D eigenvalue weighted by atomic mass is 10.1. The molecule has 0 radical (unpaired) electrons. The van der Waals surface area contributed by atoms with Crippen molar-refractivity contribution in [1.29, 1.82) is 0 Å². The summed E-state index contributed by atoms with van der Waals surface area (Å²) in [4.78, 5) is 12.5. The fourth-order valence-electron chi connectivity index (χ4n) is 2.58. The number of carbonyl (C=O) groups is 1. The summed E-state index contributed by atoms with van der Waals surface area (Å²) in [6.07, 6.45) is 1.62. The van der Waals surface area contributed by atoms with Crippen molar-refractivity contribution in [2.75, 3.05) is 12.1 Å². The zero-order valence-electron chi connectivity index (χ0n) is 13.2. The number of benzene rings is 2. The van der Waals surface area contributed by atoms with Crippen LogP contribution in [-0.4, -0.2) is 27.5 Å². The number of fused-ring (bicyclic) bond motifs is 1. The summed E-state index contributed by atoms with van der Waals surface area (Å²) in [5.41, 5.74) is 1.87. The van der Waals surface area contributed by atoms with Gasteiger partial charge in [-0.15, -0.1) is 10.2 Å². The van der Waals surface area contributed by atoms with E-state index in [9.17, 15) is 4.79 Å². The average molecular weight is 357 g/mol. The van der Waals surface area contributed by atoms with Gasteiger partial charge in [0.2, 0.25) is 6.79 Å². The van der Waals surface area contributed by atoms with E-state index in [1.54, 1.807) is 29.1 Å². The molecule has 2 heterocycles. The lowest BCUT2D eigenvalue weighted by molar-refractivity contribution is 0.102. The van der Waals surface area contributed by atoms with E-state index in [4.69, 9.17) is 21.1 Å². The molecule has 0 atom stereocenters. The molecule has 0 unspecified atom stereocenters. The Morgan fingerprint density at radius 1 is 1.28 bits per heavy atom. The Balaban J connectivity index is 1.60. The molecule has 0 aliphatic carbocycles. The average Bonchev–Trinajstić information content (AvgIpc) is 3.24. The van der Waals surface area contributed by atoms with Gasteiger partial charge in [-0.25, -0.2) is 0 Å². The van der Waals surface area contributed by atoms with Gasteiger partial charge in [-0.05, 0) is 24.3 Å². The van der Waals surface area contributed by atoms with Crippen molar-refractivity contribution < 1.29 is 14.3 Å². The normalized spacial score (nSPS) is 12.2. The van der Waals surface area contributed by atoms with E-state index in [1.807, 2.05) is 25.2 Å². The van der Waals surface area contributed by atoms with Crippen molar-refractivity contribution in [1.82, 2.24) is 14.8 Å². The third-order valence-corrected chi connectivity index (χ3v) is 4.06. The molecule has 8 heteroatoms. The van der Waals surface area contributed by atoms with Gasteiger partial charge >= 0.3 is 0 Å². The van der Waals surface area contributed by atoms with Crippen LogP contribution in [0.25, 0.3) is 11.4 Å². The molecule has 0 bridgehead atoms. The molecule has 1 aliphatic heterocycles. The lowest BCUT2D eigenvalue weighted by Gasteiger charge is -2.08. The maximum Gasteiger partial charge on any atom is 0.255 e. The molecular formula is C17H13ClN4O3. The van der Waals surface area contributed by atoms with Crippen LogP contribution in [0.4, 0.5) is 5.69 Å². The number of amides is 1. The molecule has 1 N–H and O–H groups in total. The van der Waals surface area contributed by atoms with Crippen molar-refractivity contribution >= 4 is 23.2 Å². The summed E-state index contributed by atoms with van der Waals surface area (Å²) in [6.45, 7) is 0.0971. The van der Waals surface area contributed by atoms with Gasteiger partial charge in [0, 0.05) is 23.9 Å². The van der Waals surface area contributed by atoms with Gasteiger partial charge in [0.05, 0.1) is 5.02 Å². The van der Waals surface area contributed by atoms with Crippen molar-refractivity contribution in [3.8, 4) is 22.9 Å². The van der Waals surface area contributed by atoms with E-state index in [2.05, 4.69) is 15.5 Å². The van der Waals surface area contributed by atoms with Crippen LogP contribution in [0.15, 0.2) is 42.7 Å². The van der Waals surface area contributed by atoms with Crippen LogP contribution in [0, 0.1) is 0 Å². The number of halogens is 1. The molecule has 4 rings (SSSR count). The van der Waals surface area contributed by atoms with E-state index < -0.39 is 0 Å². The highest BCUT2D eigenvalue weighted by atomic mass is 35.5. The van der Waals surface area contributed by atoms with Gasteiger partial charge in [-0.2, -0.15) is 0 Å². The van der Waals surface area contributed by atoms with Gasteiger partial charge in [0.25, 0.3) is 5.91 Å². The first-order valence-electron chi connectivity index (χ1n) is 7.47. The minimum absolute atomic E-state index is 0.0971. The Bertz CT molecular complexity index is 970. The highest BCUT2D eigenvalue weighted by molar-refractivity contribution is 6.32. The van der Waals surface area contributed by atoms with Crippen molar-refractivity contribution in [2.24, 2.45) is 7.05 Å². The SMILES string of the molecule is Cn1cnnc1-c1cccc(NC(=O)c2cc(Cl)c3c(c2)OCO3)c1. The Kier molecular flexibility index (Phi) is 3.77. The highest BCUT2D eigenvalue weighted by Crippen LogP contribution is 2.39. The summed E-state index contributed by atoms with van der Waals surface area (Å²) in [5.74, 6) is 1.34. The summed E-state index contributed by atoms with van der Waals surface area (Å²) in [6, 6.07) is 10.5. The molecule has 2 aromatic carbocycles. The Hall–Kier alpha value is -3.06. The minimum atomic E-state index is -0.296. The van der Waals surface area contributed by atoms with E-state index in [1.165, 1.54) is 0 Å². The van der Waals surface area contributed by atoms with Gasteiger partial charge in [-0.3, -0.25) is 4.79 Å². The van der Waals surface area contributed by atoms with Crippen LogP contribution in [0.2, 0.25) is 5.02 Å². The summed E-state index contributed by atoms with van der Waals surface area (Å²) in [7, 11) is 1.86. The number of aromatic nitrogens is 3. The molecule has 7 nitrogen and oxygen atoms in total. The number of rotatable bonds is 3. The van der Waals surface area contributed by atoms with E-state index in [-0.39, 0.29) is 12.7 Å². The van der Waals surface area contributed by atoms with E-state index in [0.717, 1.165) is 5.56 Å². The summed E-state index contributed by atoms with van der Waals surface area (Å²) >= 11 is 6.13. The Labute approximate surface area is 148 Å². The molecule has 1 aliphatic rings. The molecule has 1 amide bonds. The fraction of sp³-hybridized carbons (Fsp3) is 0.118. The molecule has 126 valence electrons. The second-order valence-corrected chi connectivity index (χ2v) is 5.90. The standard InChI is InChI=1S/C17H13ClN4O3/c1-22-8-19-21-16(22)10-3-2-4-12(5-10)20-17(23)11-6-13(18)15-14(7-11)24-9-25-15/h2-8H,9H2,1H3,(H,20,23). The third kappa shape index (κ3) is 2.89. The van der Waals surface area contributed by atoms with E-state index >= 15 is 0 Å². The van der Waals surface area contributed by atoms with Gasteiger partial charge < -0.3 is 19.4 Å². The number of anilines is 1. The Morgan fingerprint density at radius 2 is 2.16 bits per heavy atom. The summed E-state index contributed by atoms with van der Waals surface area (Å²) < 4.78 is 12.4. The van der Waals surface area contributed by atoms with Gasteiger partial charge in [0.1, 0.15) is 6.33 Å². The Morgan fingerprint density at radius 3 is 2.96 bits per heavy atom. The number of hydrogen-bond donors (Lipinski definition) is 1. The molecule has 1 aromatic heterocycles. The number of nitrogens with one attached hydrogen (secondary N) is 1. The molecule has 3 aromatic rings. The second-order valence-electron chi connectivity index (χ2n) is 5.49. The van der Waals surface area contributed by atoms with Crippen LogP contribution in [0.1, 0.15) is 10.4 Å². The second kappa shape index (κ2) is 6.10. The van der Waals surface area contributed by atoms with Crippen LogP contribution < -0.4 is 14.8 Å². The third-order valence-electron chi connectivity index (χ3n) is 3.78. The first-order chi connectivity index (χ1) is 12.1. The molecule has 0 spiro atoms. The van der Waals surface area contributed by atoms with Gasteiger partial charge in [0.15, 0.2) is 17.3 Å². The number of aryl methyl sites for hydroxylation is 1. The predicted octanol–water partition coefficient (Wildman–Crippen LogP) is 3.12. The van der Waals surface area contributed by atoms with Crippen LogP contribution in [0.5, 0.6) is 11.5 Å². The largest absolute Gasteiger partial charge is 0.454 e. The first-order valence-corrected chi connectivity index (χ1v) is 7.84. The maximum atomic E-state index is 12.5. The zero-order valence-corrected chi connectivity index (χ0v) is 13.9. The lowest BCUT2D eigenvalue weighted by Crippen LogP contribution is -2.12. The van der Waals surface area contributed by atoms with Crippen molar-refractivity contribution in [3.05, 3.63) is 53.3 Å². The molecular weight excluding hydrogens is 344 g/mol. The van der Waals surface area contributed by atoms with Crippen LogP contribution in [-0.2, 0) is 7.05 Å². The highest BCUT2D eigenvalue weighted by Gasteiger charge is 2.20. The van der Waals surface area contributed by atoms with E-state index in [0.29, 0.717) is 33.6 Å². The number of carbonyl (C=O) groups excluding carboxylic acids is 1. The van der Waals surface area contributed by atoms with Crippen LogP contribution in [0.3, 0.4) is 0 Å². The summed E-state index contributed by atoms with van der Waals surface area (Å²) in [5, 5.41) is 11.1. The quantitative estimate of drug-likeness (QED) is 0.780. The molecule has 25 heavy (non-hydrogen) atoms. The van der Waals surface area contributed by atoms with Crippen molar-refractivity contribution in [3.63, 3.8) is 0 Å². The molecule has 0 saturated heterocycles. The van der Waals surface area contributed by atoms with Gasteiger partial charge in [-0.1, -0.05) is 23.7 Å². The smallest absolute Gasteiger partial charge is 0.255 e. The maximum absolute atomic E-state index is 12.5. The topological polar surface area (TPSA) is 78.3 Å². The predicted molar refractivity (Wildman–Crippen MR) is 92.0 cm³/mol. The van der Waals surface area contributed by atoms with Crippen molar-refractivity contribution in [2.45, 2.75) is 0 Å². The monoisotopic (exact) mass is 356 g/mol. The minimum Gasteiger partial charge on any atom is -0.454 e. The molecule has 0 fully saturated rings. The number of ether oxygens (including phenoxy) is 2. The fourth-order valence-corrected chi connectivity index (χ4v) is 2.85. The number of hydrogen-bond acceptors (Lipinski definition) is 5. The first kappa shape index (κ1) is 15.5. The zero-order chi connectivity index (χ0) is 17.4. The number of nitrogens with zero attached hydrogens (tertiary/aromatic N) is 3.